The summed E-state index contributed by atoms with van der Waals surface area (Å²) in [6.07, 6.45) is 0.741. The van der Waals surface area contributed by atoms with Crippen molar-refractivity contribution >= 4 is 62.7 Å². The van der Waals surface area contributed by atoms with Crippen LogP contribution < -0.4 is 15.5 Å². The van der Waals surface area contributed by atoms with E-state index in [0.717, 1.165) is 23.9 Å². The molecule has 0 saturated heterocycles. The number of thiol groups is 1. The number of anilines is 3. The van der Waals surface area contributed by atoms with E-state index in [-0.39, 0.29) is 11.4 Å². The van der Waals surface area contributed by atoms with E-state index in [1.165, 1.54) is 24.3 Å². The molecule has 3 N–H and O–H groups in total. The van der Waals surface area contributed by atoms with Crippen LogP contribution in [0.25, 0.3) is 0 Å². The molecule has 0 aliphatic carbocycles. The van der Waals surface area contributed by atoms with Crippen LogP contribution in [0.4, 0.5) is 30.2 Å². The largest absolute Gasteiger partial charge is 0.366 e. The zero-order valence-electron chi connectivity index (χ0n) is 16.9. The highest BCUT2D eigenvalue weighted by Crippen LogP contribution is 2.30. The molecule has 33 heavy (non-hydrogen) atoms. The van der Waals surface area contributed by atoms with Crippen LogP contribution >= 0.6 is 22.6 Å². The number of amides is 1. The number of halogens is 4. The van der Waals surface area contributed by atoms with Gasteiger partial charge in [-0.3, -0.25) is 4.79 Å². The number of hydrogen-bond acceptors (Lipinski definition) is 5. The van der Waals surface area contributed by atoms with Gasteiger partial charge < -0.3 is 11.1 Å². The molecule has 0 atom stereocenters. The second-order valence-electron chi connectivity index (χ2n) is 6.74. The summed E-state index contributed by atoms with van der Waals surface area (Å²) in [5.41, 5.74) is 4.46. The minimum Gasteiger partial charge on any atom is -0.366 e. The Hall–Kier alpha value is -3.13. The summed E-state index contributed by atoms with van der Waals surface area (Å²) >= 11 is 1.87. The number of nitrogens with zero attached hydrogens (tertiary/aromatic N) is 2. The van der Waals surface area contributed by atoms with Crippen LogP contribution in [0.15, 0.2) is 53.6 Å². The Kier molecular flexibility index (Phi) is 7.58. The van der Waals surface area contributed by atoms with E-state index in [2.05, 4.69) is 10.4 Å². The molecule has 0 aliphatic heterocycles. The number of nitrogens with one attached hydrogen (secondary N) is 1. The molecule has 0 heterocycles. The number of hydrazone groups is 1. The highest BCUT2D eigenvalue weighted by atomic mass is 127. The summed E-state index contributed by atoms with van der Waals surface area (Å²) in [4.78, 5) is 11.9. The van der Waals surface area contributed by atoms with Crippen LogP contribution in [-0.4, -0.2) is 20.5 Å². The summed E-state index contributed by atoms with van der Waals surface area (Å²) < 4.78 is 68.2. The topological polar surface area (TPSA) is 105 Å². The molecule has 172 valence electrons. The van der Waals surface area contributed by atoms with Crippen LogP contribution in [0.3, 0.4) is 0 Å². The zero-order chi connectivity index (χ0) is 24.3. The van der Waals surface area contributed by atoms with Gasteiger partial charge in [-0.2, -0.15) is 9.52 Å². The van der Waals surface area contributed by atoms with Crippen molar-refractivity contribution in [1.29, 1.82) is 0 Å². The lowest BCUT2D eigenvalue weighted by atomic mass is 10.1. The van der Waals surface area contributed by atoms with Gasteiger partial charge in [0, 0.05) is 9.13 Å². The minimum atomic E-state index is -3.26. The number of nitrogens with two attached hydrogens (primary N) is 1. The van der Waals surface area contributed by atoms with E-state index in [4.69, 9.17) is 5.73 Å². The molecule has 1 amide bonds. The molecular weight excluding hydrogens is 572 g/mol. The lowest BCUT2D eigenvalue weighted by Crippen LogP contribution is -2.17. The van der Waals surface area contributed by atoms with Crippen molar-refractivity contribution in [3.8, 4) is 0 Å². The Labute approximate surface area is 202 Å². The van der Waals surface area contributed by atoms with Gasteiger partial charge in [-0.05, 0) is 65.9 Å². The summed E-state index contributed by atoms with van der Waals surface area (Å²) in [5, 5.41) is 6.06. The van der Waals surface area contributed by atoms with Crippen LogP contribution in [0.2, 0.25) is 0 Å². The van der Waals surface area contributed by atoms with E-state index in [1.54, 1.807) is 19.1 Å². The van der Waals surface area contributed by atoms with Gasteiger partial charge in [0.25, 0.3) is 5.91 Å². The minimum absolute atomic E-state index is 0.163. The number of carbonyl (C=O) groups is 1. The molecule has 0 aliphatic rings. The summed E-state index contributed by atoms with van der Waals surface area (Å²) in [6, 6.07) is 11.1. The van der Waals surface area contributed by atoms with Crippen molar-refractivity contribution in [3.63, 3.8) is 0 Å². The first-order valence-electron chi connectivity index (χ1n) is 9.17. The molecule has 0 unspecified atom stereocenters. The van der Waals surface area contributed by atoms with Crippen molar-refractivity contribution in [2.24, 2.45) is 10.8 Å². The third-order valence-corrected chi connectivity index (χ3v) is 5.73. The van der Waals surface area contributed by atoms with E-state index >= 15 is 0 Å². The SMILES string of the molecule is Cc1ccc(N(/N=C/c2cc(C(N)=O)c(Nc3ccc(I)cc3F)c(F)c2F)[SH](=O)=O)cc1. The molecule has 3 rings (SSSR count). The number of primary amides is 1. The maximum absolute atomic E-state index is 14.9. The fourth-order valence-corrected chi connectivity index (χ4v) is 3.69. The second kappa shape index (κ2) is 10.2. The maximum Gasteiger partial charge on any atom is 0.250 e. The van der Waals surface area contributed by atoms with Crippen LogP contribution in [0, 0.1) is 27.9 Å². The first kappa shape index (κ1) is 24.5. The fourth-order valence-electron chi connectivity index (χ4n) is 2.78. The third kappa shape index (κ3) is 5.63. The Morgan fingerprint density at radius 1 is 1.09 bits per heavy atom. The van der Waals surface area contributed by atoms with Gasteiger partial charge in [-0.25, -0.2) is 21.6 Å². The molecule has 0 bridgehead atoms. The predicted molar refractivity (Wildman–Crippen MR) is 129 cm³/mol. The van der Waals surface area contributed by atoms with Crippen molar-refractivity contribution in [1.82, 2.24) is 0 Å². The van der Waals surface area contributed by atoms with Crippen molar-refractivity contribution in [2.75, 3.05) is 9.73 Å². The van der Waals surface area contributed by atoms with Gasteiger partial charge in [-0.1, -0.05) is 17.7 Å². The van der Waals surface area contributed by atoms with E-state index in [9.17, 15) is 26.4 Å². The molecule has 0 aromatic heterocycles. The number of rotatable bonds is 7. The molecule has 3 aromatic carbocycles. The molecule has 12 heteroatoms. The third-order valence-electron chi connectivity index (χ3n) is 4.42. The number of benzene rings is 3. The molecule has 0 fully saturated rings. The summed E-state index contributed by atoms with van der Waals surface area (Å²) in [6.45, 7) is 1.80. The average molecular weight is 588 g/mol. The van der Waals surface area contributed by atoms with Gasteiger partial charge in [0.05, 0.1) is 28.8 Å². The van der Waals surface area contributed by atoms with E-state index < -0.39 is 51.1 Å². The number of aryl methyl sites for hydroxylation is 1. The monoisotopic (exact) mass is 588 g/mol. The van der Waals surface area contributed by atoms with E-state index in [0.29, 0.717) is 7.98 Å². The van der Waals surface area contributed by atoms with Gasteiger partial charge >= 0.3 is 0 Å². The van der Waals surface area contributed by atoms with Gasteiger partial charge in [0.15, 0.2) is 11.6 Å². The number of hydrogen-bond donors (Lipinski definition) is 3. The molecule has 0 saturated carbocycles. The van der Waals surface area contributed by atoms with Crippen LogP contribution in [0.5, 0.6) is 0 Å². The highest BCUT2D eigenvalue weighted by Gasteiger charge is 2.22. The molecule has 0 radical (unpaired) electrons. The standard InChI is InChI=1S/C21H16F3IN4O3S/c1-11-2-5-14(6-3-11)29(33(31)32)27-10-12-8-15(21(26)30)20(19(24)18(12)23)28-17-7-4-13(25)9-16(17)22/h2-10,28,33H,1H3,(H2,26,30)/b27-10+. The number of carbonyl (C=O) groups excluding carboxylic acids is 1. The molecule has 7 nitrogen and oxygen atoms in total. The van der Waals surface area contributed by atoms with Gasteiger partial charge in [0.2, 0.25) is 10.9 Å². The van der Waals surface area contributed by atoms with E-state index in [1.807, 2.05) is 22.6 Å². The Bertz CT molecular complexity index is 1320. The maximum atomic E-state index is 14.9. The molecule has 0 spiro atoms. The first-order valence-corrected chi connectivity index (χ1v) is 11.4. The second-order valence-corrected chi connectivity index (χ2v) is 8.84. The lowest BCUT2D eigenvalue weighted by Gasteiger charge is -2.15. The van der Waals surface area contributed by atoms with Crippen LogP contribution in [-0.2, 0) is 10.9 Å². The summed E-state index contributed by atoms with van der Waals surface area (Å²) in [5.74, 6) is -4.83. The Morgan fingerprint density at radius 2 is 1.76 bits per heavy atom. The summed E-state index contributed by atoms with van der Waals surface area (Å²) in [7, 11) is -3.26. The van der Waals surface area contributed by atoms with Gasteiger partial charge in [0.1, 0.15) is 5.82 Å². The Morgan fingerprint density at radius 3 is 2.33 bits per heavy atom. The van der Waals surface area contributed by atoms with Crippen molar-refractivity contribution in [2.45, 2.75) is 6.92 Å². The average Bonchev–Trinajstić information content (AvgIpc) is 2.75. The van der Waals surface area contributed by atoms with Crippen molar-refractivity contribution < 1.29 is 26.4 Å². The normalized spacial score (nSPS) is 11.2. The highest BCUT2D eigenvalue weighted by molar-refractivity contribution is 14.1. The lowest BCUT2D eigenvalue weighted by molar-refractivity contribution is 0.100. The molecule has 3 aromatic rings. The van der Waals surface area contributed by atoms with Crippen LogP contribution in [0.1, 0.15) is 21.5 Å². The smallest absolute Gasteiger partial charge is 0.250 e. The quantitative estimate of drug-likeness (QED) is 0.166. The zero-order valence-corrected chi connectivity index (χ0v) is 19.9. The first-order chi connectivity index (χ1) is 15.6. The fraction of sp³-hybridized carbons (Fsp3) is 0.0476. The van der Waals surface area contributed by atoms with Crippen molar-refractivity contribution in [3.05, 3.63) is 86.2 Å². The van der Waals surface area contributed by atoms with Gasteiger partial charge in [-0.15, -0.1) is 0 Å². The Balaban J connectivity index is 2.04. The predicted octanol–water partition coefficient (Wildman–Crippen LogP) is 4.23. The molecular formula is C21H16F3IN4O3S.